The molecule has 0 aromatic heterocycles. The summed E-state index contributed by atoms with van der Waals surface area (Å²) in [5.74, 6) is 0.0610. The van der Waals surface area contributed by atoms with E-state index in [2.05, 4.69) is 41.5 Å². The molecule has 0 spiro atoms. The Labute approximate surface area is 133 Å². The molecule has 2 N–H and O–H groups in total. The summed E-state index contributed by atoms with van der Waals surface area (Å²) >= 11 is 0. The van der Waals surface area contributed by atoms with E-state index in [0.717, 1.165) is 44.7 Å². The smallest absolute Gasteiger partial charge is 0.258 e. The van der Waals surface area contributed by atoms with Crippen LogP contribution >= 0.6 is 0 Å². The maximum absolute atomic E-state index is 12.9. The number of hydrazine groups is 1. The van der Waals surface area contributed by atoms with Gasteiger partial charge < -0.3 is 4.90 Å². The van der Waals surface area contributed by atoms with E-state index < -0.39 is 5.54 Å². The molecule has 1 aliphatic rings. The SMILES string of the molecule is CCC(CC)(C(=O)NNc1ccccc1)N1CCN(C)CC1. The molecule has 1 fully saturated rings. The summed E-state index contributed by atoms with van der Waals surface area (Å²) < 4.78 is 0. The predicted octanol–water partition coefficient (Wildman–Crippen LogP) is 1.94. The third kappa shape index (κ3) is 3.59. The molecule has 1 saturated heterocycles. The zero-order valence-electron chi connectivity index (χ0n) is 13.9. The molecule has 1 aromatic carbocycles. The molecule has 1 amide bonds. The van der Waals surface area contributed by atoms with Crippen LogP contribution in [0.4, 0.5) is 5.69 Å². The topological polar surface area (TPSA) is 47.6 Å². The highest BCUT2D eigenvalue weighted by Crippen LogP contribution is 2.25. The van der Waals surface area contributed by atoms with Crippen molar-refractivity contribution >= 4 is 11.6 Å². The number of likely N-dealkylation sites (N-methyl/N-ethyl adjacent to an activating group) is 1. The lowest BCUT2D eigenvalue weighted by atomic mass is 9.89. The minimum absolute atomic E-state index is 0.0610. The number of benzene rings is 1. The summed E-state index contributed by atoms with van der Waals surface area (Å²) in [7, 11) is 2.13. The molecule has 5 nitrogen and oxygen atoms in total. The standard InChI is InChI=1S/C17H28N4O/c1-4-17(5-2,21-13-11-20(3)12-14-21)16(22)19-18-15-9-7-6-8-10-15/h6-10,18H,4-5,11-14H2,1-3H3,(H,19,22). The van der Waals surface area contributed by atoms with Gasteiger partial charge in [-0.15, -0.1) is 0 Å². The van der Waals surface area contributed by atoms with Gasteiger partial charge in [0.25, 0.3) is 5.91 Å². The second-order valence-electron chi connectivity index (χ2n) is 5.97. The van der Waals surface area contributed by atoms with Crippen LogP contribution in [0.2, 0.25) is 0 Å². The van der Waals surface area contributed by atoms with E-state index in [9.17, 15) is 4.79 Å². The number of nitrogens with one attached hydrogen (secondary N) is 2. The summed E-state index contributed by atoms with van der Waals surface area (Å²) in [5, 5.41) is 0. The van der Waals surface area contributed by atoms with Crippen molar-refractivity contribution in [1.82, 2.24) is 15.2 Å². The first kappa shape index (κ1) is 16.8. The second-order valence-corrected chi connectivity index (χ2v) is 5.97. The Bertz CT molecular complexity index is 465. The van der Waals surface area contributed by atoms with Crippen LogP contribution in [0.1, 0.15) is 26.7 Å². The molecule has 122 valence electrons. The average Bonchev–Trinajstić information content (AvgIpc) is 2.57. The van der Waals surface area contributed by atoms with Crippen LogP contribution in [0.25, 0.3) is 0 Å². The van der Waals surface area contributed by atoms with Gasteiger partial charge in [-0.2, -0.15) is 0 Å². The highest BCUT2D eigenvalue weighted by molar-refractivity contribution is 5.87. The highest BCUT2D eigenvalue weighted by atomic mass is 16.2. The van der Waals surface area contributed by atoms with Crippen molar-refractivity contribution in [2.45, 2.75) is 32.2 Å². The molecule has 0 unspecified atom stereocenters. The lowest BCUT2D eigenvalue weighted by molar-refractivity contribution is -0.135. The number of carbonyl (C=O) groups excluding carboxylic acids is 1. The first-order valence-corrected chi connectivity index (χ1v) is 8.17. The molecule has 0 bridgehead atoms. The maximum Gasteiger partial charge on any atom is 0.258 e. The molecule has 0 atom stereocenters. The van der Waals surface area contributed by atoms with Crippen molar-refractivity contribution in [1.29, 1.82) is 0 Å². The van der Waals surface area contributed by atoms with E-state index in [4.69, 9.17) is 0 Å². The number of piperazine rings is 1. The number of para-hydroxylation sites is 1. The summed E-state index contributed by atoms with van der Waals surface area (Å²) in [4.78, 5) is 17.5. The first-order chi connectivity index (χ1) is 10.6. The fourth-order valence-corrected chi connectivity index (χ4v) is 3.16. The Balaban J connectivity index is 2.04. The van der Waals surface area contributed by atoms with Crippen molar-refractivity contribution in [3.63, 3.8) is 0 Å². The largest absolute Gasteiger partial charge is 0.304 e. The van der Waals surface area contributed by atoms with E-state index in [-0.39, 0.29) is 5.91 Å². The van der Waals surface area contributed by atoms with Gasteiger partial charge in [-0.1, -0.05) is 32.0 Å². The van der Waals surface area contributed by atoms with Gasteiger partial charge in [0.2, 0.25) is 0 Å². The number of hydrogen-bond acceptors (Lipinski definition) is 4. The van der Waals surface area contributed by atoms with Crippen molar-refractivity contribution in [2.24, 2.45) is 0 Å². The summed E-state index contributed by atoms with van der Waals surface area (Å²) in [6.45, 7) is 8.12. The number of carbonyl (C=O) groups is 1. The van der Waals surface area contributed by atoms with E-state index in [0.29, 0.717) is 0 Å². The van der Waals surface area contributed by atoms with Gasteiger partial charge in [-0.25, -0.2) is 0 Å². The van der Waals surface area contributed by atoms with Gasteiger partial charge >= 0.3 is 0 Å². The van der Waals surface area contributed by atoms with Crippen LogP contribution in [0.3, 0.4) is 0 Å². The molecule has 1 heterocycles. The number of rotatable bonds is 6. The fourth-order valence-electron chi connectivity index (χ4n) is 3.16. The Morgan fingerprint density at radius 2 is 1.68 bits per heavy atom. The zero-order chi connectivity index (χ0) is 16.0. The Kier molecular flexibility index (Phi) is 5.80. The van der Waals surface area contributed by atoms with Crippen molar-refractivity contribution < 1.29 is 4.79 Å². The molecule has 0 radical (unpaired) electrons. The first-order valence-electron chi connectivity index (χ1n) is 8.17. The minimum atomic E-state index is -0.428. The molecular weight excluding hydrogens is 276 g/mol. The number of anilines is 1. The van der Waals surface area contributed by atoms with Crippen LogP contribution in [0.5, 0.6) is 0 Å². The summed E-state index contributed by atoms with van der Waals surface area (Å²) in [6.07, 6.45) is 1.63. The van der Waals surface area contributed by atoms with Crippen LogP contribution in [-0.4, -0.2) is 54.5 Å². The van der Waals surface area contributed by atoms with E-state index in [1.54, 1.807) is 0 Å². The lowest BCUT2D eigenvalue weighted by Gasteiger charge is -2.45. The summed E-state index contributed by atoms with van der Waals surface area (Å²) in [5.41, 5.74) is 6.41. The van der Waals surface area contributed by atoms with Gasteiger partial charge in [0.1, 0.15) is 5.54 Å². The normalized spacial score (nSPS) is 17.2. The van der Waals surface area contributed by atoms with Crippen LogP contribution < -0.4 is 10.9 Å². The molecule has 22 heavy (non-hydrogen) atoms. The van der Waals surface area contributed by atoms with Crippen molar-refractivity contribution in [3.05, 3.63) is 30.3 Å². The molecule has 5 heteroatoms. The van der Waals surface area contributed by atoms with Crippen molar-refractivity contribution in [2.75, 3.05) is 38.7 Å². The Morgan fingerprint density at radius 1 is 1.09 bits per heavy atom. The maximum atomic E-state index is 12.9. The molecular formula is C17H28N4O. The molecule has 0 saturated carbocycles. The molecule has 0 aliphatic carbocycles. The third-order valence-electron chi connectivity index (χ3n) is 4.80. The van der Waals surface area contributed by atoms with Gasteiger partial charge in [0.15, 0.2) is 0 Å². The Hall–Kier alpha value is -1.59. The molecule has 1 aliphatic heterocycles. The fraction of sp³-hybridized carbons (Fsp3) is 0.588. The average molecular weight is 304 g/mol. The highest BCUT2D eigenvalue weighted by Gasteiger charge is 2.41. The van der Waals surface area contributed by atoms with Gasteiger partial charge in [0, 0.05) is 26.2 Å². The molecule has 2 rings (SSSR count). The van der Waals surface area contributed by atoms with Gasteiger partial charge in [-0.05, 0) is 32.0 Å². The summed E-state index contributed by atoms with van der Waals surface area (Å²) in [6, 6.07) is 9.73. The Morgan fingerprint density at radius 3 is 2.23 bits per heavy atom. The van der Waals surface area contributed by atoms with Gasteiger partial charge in [0.05, 0.1) is 5.69 Å². The predicted molar refractivity (Wildman–Crippen MR) is 90.6 cm³/mol. The number of nitrogens with zero attached hydrogens (tertiary/aromatic N) is 2. The van der Waals surface area contributed by atoms with Gasteiger partial charge in [-0.3, -0.25) is 20.5 Å². The van der Waals surface area contributed by atoms with E-state index in [1.165, 1.54) is 0 Å². The van der Waals surface area contributed by atoms with E-state index in [1.807, 2.05) is 30.3 Å². The second kappa shape index (κ2) is 7.61. The van der Waals surface area contributed by atoms with E-state index >= 15 is 0 Å². The van der Waals surface area contributed by atoms with Crippen LogP contribution in [0, 0.1) is 0 Å². The van der Waals surface area contributed by atoms with Crippen LogP contribution in [0.15, 0.2) is 30.3 Å². The number of amides is 1. The zero-order valence-corrected chi connectivity index (χ0v) is 13.9. The quantitative estimate of drug-likeness (QED) is 0.789. The molecule has 1 aromatic rings. The third-order valence-corrected chi connectivity index (χ3v) is 4.80. The van der Waals surface area contributed by atoms with Crippen LogP contribution in [-0.2, 0) is 4.79 Å². The minimum Gasteiger partial charge on any atom is -0.304 e. The lowest BCUT2D eigenvalue weighted by Crippen LogP contribution is -2.63. The number of hydrogen-bond donors (Lipinski definition) is 2. The monoisotopic (exact) mass is 304 g/mol. The van der Waals surface area contributed by atoms with Crippen molar-refractivity contribution in [3.8, 4) is 0 Å².